The summed E-state index contributed by atoms with van der Waals surface area (Å²) >= 11 is 0. The second kappa shape index (κ2) is 10.1. The number of benzene rings is 1. The van der Waals surface area contributed by atoms with Crippen molar-refractivity contribution in [3.63, 3.8) is 0 Å². The SMILES string of the molecule is CC.CN.Cc1ccc(N(C)C)cc1. The van der Waals surface area contributed by atoms with Crippen molar-refractivity contribution in [2.75, 3.05) is 26.0 Å². The quantitative estimate of drug-likeness (QED) is 0.748. The Bertz CT molecular complexity index is 202. The number of hydrogen-bond donors (Lipinski definition) is 1. The van der Waals surface area contributed by atoms with Crippen molar-refractivity contribution in [3.05, 3.63) is 29.8 Å². The second-order valence-electron chi connectivity index (χ2n) is 2.73. The Hall–Kier alpha value is -1.02. The molecule has 1 aromatic rings. The van der Waals surface area contributed by atoms with Gasteiger partial charge in [-0.2, -0.15) is 0 Å². The third-order valence-electron chi connectivity index (χ3n) is 1.55. The highest BCUT2D eigenvalue weighted by Gasteiger charge is 1.90. The van der Waals surface area contributed by atoms with Gasteiger partial charge in [0.05, 0.1) is 0 Å². The molecular weight excluding hydrogens is 172 g/mol. The van der Waals surface area contributed by atoms with Gasteiger partial charge in [0.1, 0.15) is 0 Å². The molecule has 0 atom stereocenters. The van der Waals surface area contributed by atoms with Crippen LogP contribution in [-0.2, 0) is 0 Å². The van der Waals surface area contributed by atoms with E-state index in [-0.39, 0.29) is 0 Å². The Kier molecular flexibility index (Phi) is 11.1. The molecule has 1 aromatic carbocycles. The van der Waals surface area contributed by atoms with Gasteiger partial charge in [-0.25, -0.2) is 0 Å². The van der Waals surface area contributed by atoms with Crippen molar-refractivity contribution >= 4 is 5.69 Å². The van der Waals surface area contributed by atoms with Gasteiger partial charge in [0.25, 0.3) is 0 Å². The lowest BCUT2D eigenvalue weighted by atomic mass is 10.2. The molecule has 0 bridgehead atoms. The summed E-state index contributed by atoms with van der Waals surface area (Å²) < 4.78 is 0. The molecule has 0 amide bonds. The van der Waals surface area contributed by atoms with Gasteiger partial charge in [-0.05, 0) is 26.1 Å². The van der Waals surface area contributed by atoms with Gasteiger partial charge in [0.15, 0.2) is 0 Å². The van der Waals surface area contributed by atoms with E-state index in [1.807, 2.05) is 27.9 Å². The minimum atomic E-state index is 1.26. The summed E-state index contributed by atoms with van der Waals surface area (Å²) in [6, 6.07) is 8.48. The molecular formula is C12H24N2. The molecule has 2 N–H and O–H groups in total. The van der Waals surface area contributed by atoms with Crippen LogP contribution < -0.4 is 10.6 Å². The Morgan fingerprint density at radius 3 is 1.57 bits per heavy atom. The van der Waals surface area contributed by atoms with Gasteiger partial charge in [-0.3, -0.25) is 0 Å². The summed E-state index contributed by atoms with van der Waals surface area (Å²) in [6.07, 6.45) is 0. The minimum Gasteiger partial charge on any atom is -0.378 e. The van der Waals surface area contributed by atoms with E-state index in [9.17, 15) is 0 Å². The van der Waals surface area contributed by atoms with Crippen LogP contribution in [0.3, 0.4) is 0 Å². The Morgan fingerprint density at radius 2 is 1.29 bits per heavy atom. The van der Waals surface area contributed by atoms with Crippen LogP contribution in [0.25, 0.3) is 0 Å². The molecule has 2 nitrogen and oxygen atoms in total. The average Bonchev–Trinajstić information content (AvgIpc) is 2.24. The second-order valence-corrected chi connectivity index (χ2v) is 2.73. The lowest BCUT2D eigenvalue weighted by Crippen LogP contribution is -2.07. The van der Waals surface area contributed by atoms with E-state index >= 15 is 0 Å². The number of aryl methyl sites for hydroxylation is 1. The van der Waals surface area contributed by atoms with Gasteiger partial charge in [-0.1, -0.05) is 31.5 Å². The van der Waals surface area contributed by atoms with E-state index in [1.165, 1.54) is 18.3 Å². The van der Waals surface area contributed by atoms with Gasteiger partial charge in [0, 0.05) is 19.8 Å². The van der Waals surface area contributed by atoms with Crippen molar-refractivity contribution in [2.45, 2.75) is 20.8 Å². The highest BCUT2D eigenvalue weighted by molar-refractivity contribution is 5.45. The molecule has 0 aliphatic carbocycles. The zero-order valence-electron chi connectivity index (χ0n) is 10.3. The zero-order chi connectivity index (χ0) is 11.6. The number of nitrogens with two attached hydrogens (primary N) is 1. The maximum atomic E-state index is 4.50. The number of nitrogens with zero attached hydrogens (tertiary/aromatic N) is 1. The molecule has 0 fully saturated rings. The fourth-order valence-corrected chi connectivity index (χ4v) is 0.843. The largest absolute Gasteiger partial charge is 0.378 e. The smallest absolute Gasteiger partial charge is 0.0361 e. The van der Waals surface area contributed by atoms with Crippen LogP contribution in [0.5, 0.6) is 0 Å². The average molecular weight is 196 g/mol. The van der Waals surface area contributed by atoms with Crippen LogP contribution in [0.1, 0.15) is 19.4 Å². The van der Waals surface area contributed by atoms with Crippen molar-refractivity contribution in [2.24, 2.45) is 5.73 Å². The third-order valence-corrected chi connectivity index (χ3v) is 1.55. The fraction of sp³-hybridized carbons (Fsp3) is 0.500. The summed E-state index contributed by atoms with van der Waals surface area (Å²) in [6.45, 7) is 6.10. The first kappa shape index (κ1) is 15.5. The molecule has 0 aliphatic rings. The molecule has 2 heteroatoms. The van der Waals surface area contributed by atoms with Crippen LogP contribution in [-0.4, -0.2) is 21.1 Å². The summed E-state index contributed by atoms with van der Waals surface area (Å²) in [4.78, 5) is 2.10. The highest BCUT2D eigenvalue weighted by Crippen LogP contribution is 2.10. The van der Waals surface area contributed by atoms with Crippen LogP contribution in [0.15, 0.2) is 24.3 Å². The molecule has 0 aromatic heterocycles. The maximum absolute atomic E-state index is 4.50. The van der Waals surface area contributed by atoms with Crippen molar-refractivity contribution in [3.8, 4) is 0 Å². The maximum Gasteiger partial charge on any atom is 0.0361 e. The number of hydrogen-bond acceptors (Lipinski definition) is 2. The van der Waals surface area contributed by atoms with Gasteiger partial charge >= 0.3 is 0 Å². The zero-order valence-corrected chi connectivity index (χ0v) is 10.3. The van der Waals surface area contributed by atoms with Crippen LogP contribution >= 0.6 is 0 Å². The van der Waals surface area contributed by atoms with Crippen molar-refractivity contribution in [1.29, 1.82) is 0 Å². The molecule has 0 saturated carbocycles. The van der Waals surface area contributed by atoms with E-state index in [1.54, 1.807) is 0 Å². The first-order valence-corrected chi connectivity index (χ1v) is 5.02. The summed E-state index contributed by atoms with van der Waals surface area (Å²) in [5.41, 5.74) is 7.07. The Balaban J connectivity index is 0. The molecule has 82 valence electrons. The van der Waals surface area contributed by atoms with Gasteiger partial charge < -0.3 is 10.6 Å². The van der Waals surface area contributed by atoms with Crippen LogP contribution in [0, 0.1) is 6.92 Å². The number of rotatable bonds is 1. The number of anilines is 1. The van der Waals surface area contributed by atoms with Crippen LogP contribution in [0.2, 0.25) is 0 Å². The van der Waals surface area contributed by atoms with Gasteiger partial charge in [-0.15, -0.1) is 0 Å². The van der Waals surface area contributed by atoms with Crippen LogP contribution in [0.4, 0.5) is 5.69 Å². The van der Waals surface area contributed by atoms with E-state index in [0.29, 0.717) is 0 Å². The van der Waals surface area contributed by atoms with E-state index < -0.39 is 0 Å². The molecule has 14 heavy (non-hydrogen) atoms. The predicted molar refractivity (Wildman–Crippen MR) is 67.0 cm³/mol. The first-order valence-electron chi connectivity index (χ1n) is 5.02. The van der Waals surface area contributed by atoms with E-state index in [4.69, 9.17) is 0 Å². The summed E-state index contributed by atoms with van der Waals surface area (Å²) in [5.74, 6) is 0. The fourth-order valence-electron chi connectivity index (χ4n) is 0.843. The topological polar surface area (TPSA) is 29.3 Å². The Labute approximate surface area is 88.7 Å². The lowest BCUT2D eigenvalue weighted by Gasteiger charge is -2.11. The predicted octanol–water partition coefficient (Wildman–Crippen LogP) is 2.66. The third kappa shape index (κ3) is 6.49. The van der Waals surface area contributed by atoms with Crippen molar-refractivity contribution < 1.29 is 0 Å². The van der Waals surface area contributed by atoms with Crippen molar-refractivity contribution in [1.82, 2.24) is 0 Å². The van der Waals surface area contributed by atoms with E-state index in [0.717, 1.165) is 0 Å². The molecule has 0 unspecified atom stereocenters. The minimum absolute atomic E-state index is 1.26. The normalized spacial score (nSPS) is 7.64. The lowest BCUT2D eigenvalue weighted by molar-refractivity contribution is 1.13. The molecule has 1 rings (SSSR count). The van der Waals surface area contributed by atoms with E-state index in [2.05, 4.69) is 41.8 Å². The molecule has 0 radical (unpaired) electrons. The summed E-state index contributed by atoms with van der Waals surface area (Å²) in [5, 5.41) is 0. The standard InChI is InChI=1S/C9H13N.C2H6.CH5N/c1-8-4-6-9(7-5-8)10(2)3;2*1-2/h4-7H,1-3H3;1-2H3;2H2,1H3. The molecule has 0 aliphatic heterocycles. The molecule has 0 heterocycles. The Morgan fingerprint density at radius 1 is 0.929 bits per heavy atom. The first-order chi connectivity index (χ1) is 6.70. The highest BCUT2D eigenvalue weighted by atomic mass is 15.1. The molecule has 0 spiro atoms. The summed E-state index contributed by atoms with van der Waals surface area (Å²) in [7, 11) is 5.59. The molecule has 0 saturated heterocycles. The van der Waals surface area contributed by atoms with Gasteiger partial charge in [0.2, 0.25) is 0 Å². The monoisotopic (exact) mass is 196 g/mol.